The number of hydrogen-bond donors (Lipinski definition) is 0. The molecule has 2 aromatic heterocycles. The summed E-state index contributed by atoms with van der Waals surface area (Å²) in [6, 6.07) is 14.0. The van der Waals surface area contributed by atoms with Crippen molar-refractivity contribution < 1.29 is 4.79 Å². The summed E-state index contributed by atoms with van der Waals surface area (Å²) < 4.78 is 0. The van der Waals surface area contributed by atoms with Gasteiger partial charge in [0.05, 0.1) is 6.04 Å². The van der Waals surface area contributed by atoms with E-state index >= 15 is 0 Å². The Kier molecular flexibility index (Phi) is 4.29. The molecule has 3 aromatic rings. The first-order chi connectivity index (χ1) is 12.6. The highest BCUT2D eigenvalue weighted by molar-refractivity contribution is 6.05. The fourth-order valence-electron chi connectivity index (χ4n) is 3.67. The maximum Gasteiger partial charge on any atom is 0.273 e. The summed E-state index contributed by atoms with van der Waals surface area (Å²) in [6.45, 7) is 0.758. The van der Waals surface area contributed by atoms with Crippen LogP contribution in [0.1, 0.15) is 34.9 Å². The number of benzene rings is 1. The van der Waals surface area contributed by atoms with Gasteiger partial charge in [-0.2, -0.15) is 0 Å². The Bertz CT molecular complexity index is 948. The number of likely N-dealkylation sites (tertiary alicyclic amines) is 1. The Morgan fingerprint density at radius 1 is 1.12 bits per heavy atom. The van der Waals surface area contributed by atoms with E-state index in [0.29, 0.717) is 5.69 Å². The number of aromatic nitrogens is 2. The van der Waals surface area contributed by atoms with Gasteiger partial charge in [0.1, 0.15) is 11.5 Å². The summed E-state index contributed by atoms with van der Waals surface area (Å²) in [5.74, 6) is 0.914. The fourth-order valence-corrected chi connectivity index (χ4v) is 3.67. The summed E-state index contributed by atoms with van der Waals surface area (Å²) in [5.41, 5.74) is 1.67. The fraction of sp³-hybridized carbons (Fsp3) is 0.286. The maximum absolute atomic E-state index is 13.3. The highest BCUT2D eigenvalue weighted by Crippen LogP contribution is 2.34. The summed E-state index contributed by atoms with van der Waals surface area (Å²) in [7, 11) is 3.95. The van der Waals surface area contributed by atoms with Gasteiger partial charge < -0.3 is 9.80 Å². The van der Waals surface area contributed by atoms with Crippen molar-refractivity contribution in [2.45, 2.75) is 18.9 Å². The number of rotatable bonds is 3. The van der Waals surface area contributed by atoms with Crippen molar-refractivity contribution in [2.75, 3.05) is 25.5 Å². The van der Waals surface area contributed by atoms with Crippen LogP contribution in [0, 0.1) is 0 Å². The van der Waals surface area contributed by atoms with Gasteiger partial charge in [0.25, 0.3) is 5.91 Å². The largest absolute Gasteiger partial charge is 0.363 e. The van der Waals surface area contributed by atoms with Gasteiger partial charge in [-0.25, -0.2) is 4.98 Å². The van der Waals surface area contributed by atoms with E-state index in [4.69, 9.17) is 0 Å². The summed E-state index contributed by atoms with van der Waals surface area (Å²) in [4.78, 5) is 26.0. The van der Waals surface area contributed by atoms with E-state index in [1.807, 2.05) is 66.5 Å². The smallest absolute Gasteiger partial charge is 0.273 e. The van der Waals surface area contributed by atoms with Crippen LogP contribution in [0.3, 0.4) is 0 Å². The van der Waals surface area contributed by atoms with Crippen LogP contribution in [0.5, 0.6) is 0 Å². The Labute approximate surface area is 153 Å². The molecule has 4 rings (SSSR count). The summed E-state index contributed by atoms with van der Waals surface area (Å²) in [5, 5.41) is 1.95. The second kappa shape index (κ2) is 6.75. The molecule has 1 saturated heterocycles. The first-order valence-electron chi connectivity index (χ1n) is 8.93. The topological polar surface area (TPSA) is 49.3 Å². The molecule has 1 aliphatic heterocycles. The number of anilines is 1. The SMILES string of the molecule is CN(C)c1cc([C@H]2CCCN2C(=O)c2nccc3ccccc23)ccn1. The van der Waals surface area contributed by atoms with E-state index in [2.05, 4.69) is 16.0 Å². The molecule has 1 aromatic carbocycles. The Hall–Kier alpha value is -2.95. The number of nitrogens with zero attached hydrogens (tertiary/aromatic N) is 4. The first-order valence-corrected chi connectivity index (χ1v) is 8.93. The number of carbonyl (C=O) groups is 1. The Balaban J connectivity index is 1.70. The van der Waals surface area contributed by atoms with E-state index in [9.17, 15) is 4.79 Å². The number of carbonyl (C=O) groups excluding carboxylic acids is 1. The zero-order valence-electron chi connectivity index (χ0n) is 15.1. The third kappa shape index (κ3) is 2.90. The Morgan fingerprint density at radius 2 is 1.92 bits per heavy atom. The predicted octanol–water partition coefficient (Wildman–Crippen LogP) is 3.67. The molecule has 0 spiro atoms. The quantitative estimate of drug-likeness (QED) is 0.726. The van der Waals surface area contributed by atoms with Crippen molar-refractivity contribution in [2.24, 2.45) is 0 Å². The lowest BCUT2D eigenvalue weighted by atomic mass is 10.0. The molecule has 26 heavy (non-hydrogen) atoms. The lowest BCUT2D eigenvalue weighted by Crippen LogP contribution is -2.31. The molecule has 0 aliphatic carbocycles. The second-order valence-electron chi connectivity index (χ2n) is 6.88. The van der Waals surface area contributed by atoms with Crippen LogP contribution in [0.25, 0.3) is 10.8 Å². The highest BCUT2D eigenvalue weighted by atomic mass is 16.2. The standard InChI is InChI=1S/C21H22N4O/c1-24(2)19-14-16(10-11-22-19)18-8-5-13-25(18)21(26)20-17-7-4-3-6-15(17)9-12-23-20/h3-4,6-7,9-12,14,18H,5,8,13H2,1-2H3/t18-/m1/s1. The monoisotopic (exact) mass is 346 g/mol. The van der Waals surface area contributed by atoms with Gasteiger partial charge in [-0.05, 0) is 42.0 Å². The first kappa shape index (κ1) is 16.5. The molecular weight excluding hydrogens is 324 g/mol. The van der Waals surface area contributed by atoms with E-state index in [0.717, 1.165) is 41.5 Å². The summed E-state index contributed by atoms with van der Waals surface area (Å²) >= 11 is 0. The van der Waals surface area contributed by atoms with Crippen LogP contribution in [-0.2, 0) is 0 Å². The number of hydrogen-bond acceptors (Lipinski definition) is 4. The van der Waals surface area contributed by atoms with Crippen molar-refractivity contribution in [1.29, 1.82) is 0 Å². The summed E-state index contributed by atoms with van der Waals surface area (Å²) in [6.07, 6.45) is 5.51. The number of pyridine rings is 2. The average molecular weight is 346 g/mol. The number of amides is 1. The van der Waals surface area contributed by atoms with Gasteiger partial charge in [-0.3, -0.25) is 9.78 Å². The highest BCUT2D eigenvalue weighted by Gasteiger charge is 2.32. The molecule has 0 radical (unpaired) electrons. The zero-order valence-corrected chi connectivity index (χ0v) is 15.1. The van der Waals surface area contributed by atoms with Crippen molar-refractivity contribution in [3.05, 3.63) is 66.1 Å². The molecule has 0 saturated carbocycles. The molecule has 1 fully saturated rings. The molecule has 5 heteroatoms. The molecule has 1 atom stereocenters. The van der Waals surface area contributed by atoms with Crippen LogP contribution >= 0.6 is 0 Å². The van der Waals surface area contributed by atoms with Gasteiger partial charge in [0.15, 0.2) is 0 Å². The van der Waals surface area contributed by atoms with Gasteiger partial charge in [-0.15, -0.1) is 0 Å². The third-order valence-electron chi connectivity index (χ3n) is 5.00. The molecule has 132 valence electrons. The number of fused-ring (bicyclic) bond motifs is 1. The van der Waals surface area contributed by atoms with Crippen molar-refractivity contribution in [3.63, 3.8) is 0 Å². The van der Waals surface area contributed by atoms with E-state index in [-0.39, 0.29) is 11.9 Å². The minimum absolute atomic E-state index is 0.00696. The van der Waals surface area contributed by atoms with Crippen LogP contribution in [0.2, 0.25) is 0 Å². The lowest BCUT2D eigenvalue weighted by Gasteiger charge is -2.26. The van der Waals surface area contributed by atoms with Gasteiger partial charge in [-0.1, -0.05) is 24.3 Å². The molecule has 0 bridgehead atoms. The average Bonchev–Trinajstić information content (AvgIpc) is 3.17. The molecule has 3 heterocycles. The maximum atomic E-state index is 13.3. The van der Waals surface area contributed by atoms with Crippen LogP contribution in [0.15, 0.2) is 54.9 Å². The normalized spacial score (nSPS) is 16.8. The van der Waals surface area contributed by atoms with Crippen LogP contribution in [-0.4, -0.2) is 41.4 Å². The van der Waals surface area contributed by atoms with Gasteiger partial charge in [0.2, 0.25) is 0 Å². The molecule has 5 nitrogen and oxygen atoms in total. The molecule has 0 unspecified atom stereocenters. The Morgan fingerprint density at radius 3 is 2.77 bits per heavy atom. The molecule has 1 aliphatic rings. The minimum atomic E-state index is 0.00696. The van der Waals surface area contributed by atoms with E-state index in [1.165, 1.54) is 0 Å². The van der Waals surface area contributed by atoms with E-state index < -0.39 is 0 Å². The third-order valence-corrected chi connectivity index (χ3v) is 5.00. The van der Waals surface area contributed by atoms with Crippen molar-refractivity contribution in [3.8, 4) is 0 Å². The zero-order chi connectivity index (χ0) is 18.1. The molecule has 1 amide bonds. The predicted molar refractivity (Wildman–Crippen MR) is 103 cm³/mol. The van der Waals surface area contributed by atoms with E-state index in [1.54, 1.807) is 6.20 Å². The van der Waals surface area contributed by atoms with Crippen molar-refractivity contribution in [1.82, 2.24) is 14.9 Å². The van der Waals surface area contributed by atoms with Crippen molar-refractivity contribution >= 4 is 22.5 Å². The molecular formula is C21H22N4O. The molecule has 0 N–H and O–H groups in total. The van der Waals surface area contributed by atoms with Crippen LogP contribution in [0.4, 0.5) is 5.82 Å². The van der Waals surface area contributed by atoms with Crippen LogP contribution < -0.4 is 4.90 Å². The van der Waals surface area contributed by atoms with Gasteiger partial charge >= 0.3 is 0 Å². The lowest BCUT2D eigenvalue weighted by molar-refractivity contribution is 0.0732. The van der Waals surface area contributed by atoms with Gasteiger partial charge in [0, 0.05) is 38.4 Å². The minimum Gasteiger partial charge on any atom is -0.363 e. The second-order valence-corrected chi connectivity index (χ2v) is 6.88.